The van der Waals surface area contributed by atoms with Crippen LogP contribution in [0.5, 0.6) is 0 Å². The van der Waals surface area contributed by atoms with Crippen molar-refractivity contribution in [2.24, 2.45) is 5.10 Å². The van der Waals surface area contributed by atoms with Gasteiger partial charge in [0, 0.05) is 29.2 Å². The van der Waals surface area contributed by atoms with Gasteiger partial charge in [-0.3, -0.25) is 5.43 Å². The molecule has 0 atom stereocenters. The van der Waals surface area contributed by atoms with E-state index in [9.17, 15) is 0 Å². The SMILES string of the molecule is C=C1C=CC(c2ccc(N3CCSC3)c(C)c2)=NN1. The molecule has 1 aromatic rings. The first kappa shape index (κ1) is 12.4. The standard InChI is InChI=1S/C15H17N3S/c1-11-9-13(14-5-3-12(2)16-17-14)4-6-15(11)18-7-8-19-10-18/h3-6,9,16H,2,7-8,10H2,1H3. The van der Waals surface area contributed by atoms with Gasteiger partial charge in [-0.1, -0.05) is 12.6 Å². The third-order valence-corrected chi connectivity index (χ3v) is 4.31. The van der Waals surface area contributed by atoms with Crippen LogP contribution in [-0.4, -0.2) is 23.9 Å². The summed E-state index contributed by atoms with van der Waals surface area (Å²) in [6.07, 6.45) is 3.95. The number of thioether (sulfide) groups is 1. The lowest BCUT2D eigenvalue weighted by molar-refractivity contribution is 0.914. The molecule has 0 spiro atoms. The maximum atomic E-state index is 4.31. The van der Waals surface area contributed by atoms with E-state index in [0.717, 1.165) is 29.4 Å². The number of rotatable bonds is 2. The van der Waals surface area contributed by atoms with Gasteiger partial charge in [0.1, 0.15) is 0 Å². The van der Waals surface area contributed by atoms with Crippen molar-refractivity contribution in [2.45, 2.75) is 6.92 Å². The van der Waals surface area contributed by atoms with Gasteiger partial charge < -0.3 is 4.90 Å². The molecule has 4 heteroatoms. The van der Waals surface area contributed by atoms with Crippen LogP contribution in [0.4, 0.5) is 5.69 Å². The van der Waals surface area contributed by atoms with Crippen LogP contribution < -0.4 is 10.3 Å². The van der Waals surface area contributed by atoms with Gasteiger partial charge in [0.2, 0.25) is 0 Å². The van der Waals surface area contributed by atoms with Crippen molar-refractivity contribution in [3.63, 3.8) is 0 Å². The Morgan fingerprint density at radius 1 is 1.37 bits per heavy atom. The molecule has 3 rings (SSSR count). The highest BCUT2D eigenvalue weighted by molar-refractivity contribution is 7.99. The monoisotopic (exact) mass is 271 g/mol. The molecule has 1 N–H and O–H groups in total. The van der Waals surface area contributed by atoms with Crippen LogP contribution >= 0.6 is 11.8 Å². The molecule has 0 aliphatic carbocycles. The first-order valence-corrected chi connectivity index (χ1v) is 7.54. The Balaban J connectivity index is 1.87. The number of hydrogen-bond acceptors (Lipinski definition) is 4. The normalized spacial score (nSPS) is 18.5. The summed E-state index contributed by atoms with van der Waals surface area (Å²) < 4.78 is 0. The van der Waals surface area contributed by atoms with E-state index in [0.29, 0.717) is 0 Å². The van der Waals surface area contributed by atoms with E-state index in [4.69, 9.17) is 0 Å². The van der Waals surface area contributed by atoms with E-state index in [1.165, 1.54) is 17.0 Å². The van der Waals surface area contributed by atoms with Crippen LogP contribution in [0.3, 0.4) is 0 Å². The smallest absolute Gasteiger partial charge is 0.0906 e. The van der Waals surface area contributed by atoms with E-state index < -0.39 is 0 Å². The fourth-order valence-electron chi connectivity index (χ4n) is 2.32. The zero-order chi connectivity index (χ0) is 13.2. The number of hydrogen-bond donors (Lipinski definition) is 1. The first-order chi connectivity index (χ1) is 9.24. The van der Waals surface area contributed by atoms with Crippen molar-refractivity contribution in [1.82, 2.24) is 5.43 Å². The summed E-state index contributed by atoms with van der Waals surface area (Å²) in [5.41, 5.74) is 8.48. The Morgan fingerprint density at radius 2 is 2.26 bits per heavy atom. The molecule has 0 saturated carbocycles. The Labute approximate surface area is 118 Å². The number of benzene rings is 1. The van der Waals surface area contributed by atoms with Gasteiger partial charge in [-0.25, -0.2) is 0 Å². The lowest BCUT2D eigenvalue weighted by atomic mass is 10.0. The number of aryl methyl sites for hydroxylation is 1. The summed E-state index contributed by atoms with van der Waals surface area (Å²) in [6.45, 7) is 7.13. The van der Waals surface area contributed by atoms with Crippen molar-refractivity contribution in [3.05, 3.63) is 53.8 Å². The van der Waals surface area contributed by atoms with Crippen LogP contribution in [0.25, 0.3) is 0 Å². The van der Waals surface area contributed by atoms with Gasteiger partial charge in [0.05, 0.1) is 11.6 Å². The van der Waals surface area contributed by atoms with Gasteiger partial charge in [0.15, 0.2) is 0 Å². The second-order valence-corrected chi connectivity index (χ2v) is 5.84. The predicted octanol–water partition coefficient (Wildman–Crippen LogP) is 2.88. The summed E-state index contributed by atoms with van der Waals surface area (Å²) in [7, 11) is 0. The molecular weight excluding hydrogens is 254 g/mol. The van der Waals surface area contributed by atoms with Gasteiger partial charge in [-0.2, -0.15) is 5.10 Å². The number of hydrazone groups is 1. The van der Waals surface area contributed by atoms with E-state index in [1.54, 1.807) is 0 Å². The van der Waals surface area contributed by atoms with Gasteiger partial charge in [-0.15, -0.1) is 11.8 Å². The third kappa shape index (κ3) is 2.54. The number of nitrogens with one attached hydrogen (secondary N) is 1. The average Bonchev–Trinajstić information content (AvgIpc) is 2.93. The van der Waals surface area contributed by atoms with Crippen molar-refractivity contribution < 1.29 is 0 Å². The molecule has 0 bridgehead atoms. The lowest BCUT2D eigenvalue weighted by Gasteiger charge is -2.20. The van der Waals surface area contributed by atoms with E-state index >= 15 is 0 Å². The van der Waals surface area contributed by atoms with Crippen LogP contribution in [0.1, 0.15) is 11.1 Å². The molecule has 3 nitrogen and oxygen atoms in total. The predicted molar refractivity (Wildman–Crippen MR) is 83.8 cm³/mol. The zero-order valence-corrected chi connectivity index (χ0v) is 11.8. The lowest BCUT2D eigenvalue weighted by Crippen LogP contribution is -2.19. The highest BCUT2D eigenvalue weighted by atomic mass is 32.2. The Kier molecular flexibility index (Phi) is 3.34. The van der Waals surface area contributed by atoms with Crippen molar-refractivity contribution >= 4 is 23.2 Å². The summed E-state index contributed by atoms with van der Waals surface area (Å²) >= 11 is 1.99. The molecule has 19 heavy (non-hydrogen) atoms. The number of anilines is 1. The average molecular weight is 271 g/mol. The molecule has 1 saturated heterocycles. The molecule has 0 unspecified atom stereocenters. The molecule has 98 valence electrons. The Bertz CT molecular complexity index is 569. The van der Waals surface area contributed by atoms with Crippen molar-refractivity contribution in [3.8, 4) is 0 Å². The fourth-order valence-corrected chi connectivity index (χ4v) is 3.29. The number of allylic oxidation sites excluding steroid dienone is 2. The topological polar surface area (TPSA) is 27.6 Å². The molecule has 2 aliphatic rings. The van der Waals surface area contributed by atoms with E-state index in [-0.39, 0.29) is 0 Å². The summed E-state index contributed by atoms with van der Waals surface area (Å²) in [4.78, 5) is 2.43. The zero-order valence-electron chi connectivity index (χ0n) is 11.0. The highest BCUT2D eigenvalue weighted by Gasteiger charge is 2.15. The third-order valence-electron chi connectivity index (χ3n) is 3.35. The summed E-state index contributed by atoms with van der Waals surface area (Å²) in [6, 6.07) is 6.55. The molecule has 0 amide bonds. The molecule has 0 radical (unpaired) electrons. The molecular formula is C15H17N3S. The summed E-state index contributed by atoms with van der Waals surface area (Å²) in [5.74, 6) is 2.32. The van der Waals surface area contributed by atoms with Gasteiger partial charge >= 0.3 is 0 Å². The van der Waals surface area contributed by atoms with Crippen LogP contribution in [0.15, 0.2) is 47.7 Å². The minimum absolute atomic E-state index is 0.825. The van der Waals surface area contributed by atoms with E-state index in [1.807, 2.05) is 23.9 Å². The quantitative estimate of drug-likeness (QED) is 0.896. The Hall–Kier alpha value is -1.68. The van der Waals surface area contributed by atoms with E-state index in [2.05, 4.69) is 47.1 Å². The molecule has 0 aromatic heterocycles. The maximum Gasteiger partial charge on any atom is 0.0906 e. The van der Waals surface area contributed by atoms with Crippen molar-refractivity contribution in [2.75, 3.05) is 23.1 Å². The molecule has 1 fully saturated rings. The summed E-state index contributed by atoms with van der Waals surface area (Å²) in [5, 5.41) is 4.31. The molecule has 2 heterocycles. The number of nitrogens with zero attached hydrogens (tertiary/aromatic N) is 2. The van der Waals surface area contributed by atoms with Crippen LogP contribution in [-0.2, 0) is 0 Å². The first-order valence-electron chi connectivity index (χ1n) is 6.38. The second kappa shape index (κ2) is 5.13. The van der Waals surface area contributed by atoms with Gasteiger partial charge in [-0.05, 0) is 36.8 Å². The second-order valence-electron chi connectivity index (χ2n) is 4.77. The van der Waals surface area contributed by atoms with Crippen LogP contribution in [0.2, 0.25) is 0 Å². The fraction of sp³-hybridized carbons (Fsp3) is 0.267. The maximum absolute atomic E-state index is 4.31. The van der Waals surface area contributed by atoms with Crippen molar-refractivity contribution in [1.29, 1.82) is 0 Å². The minimum Gasteiger partial charge on any atom is -0.361 e. The minimum atomic E-state index is 0.825. The Morgan fingerprint density at radius 3 is 2.89 bits per heavy atom. The molecule has 2 aliphatic heterocycles. The largest absolute Gasteiger partial charge is 0.361 e. The van der Waals surface area contributed by atoms with Gasteiger partial charge in [0.25, 0.3) is 0 Å². The van der Waals surface area contributed by atoms with Crippen LogP contribution in [0, 0.1) is 6.92 Å². The highest BCUT2D eigenvalue weighted by Crippen LogP contribution is 2.27. The molecule has 1 aromatic carbocycles.